The van der Waals surface area contributed by atoms with Crippen molar-refractivity contribution in [1.82, 2.24) is 4.98 Å². The van der Waals surface area contributed by atoms with E-state index in [0.717, 1.165) is 6.29 Å². The Morgan fingerprint density at radius 2 is 1.91 bits per heavy atom. The minimum atomic E-state index is 0.236. The quantitative estimate of drug-likeness (QED) is 0.668. The molecule has 0 aliphatic carbocycles. The monoisotopic (exact) mass is 189 g/mol. The van der Waals surface area contributed by atoms with Crippen molar-refractivity contribution in [3.05, 3.63) is 28.0 Å². The Kier molecular flexibility index (Phi) is 2.85. The highest BCUT2D eigenvalue weighted by atomic mass is 35.5. The topological polar surface area (TPSA) is 30.0 Å². The Bertz CT molecular complexity index is 255. The van der Waals surface area contributed by atoms with Crippen LogP contribution < -0.4 is 0 Å². The van der Waals surface area contributed by atoms with Gasteiger partial charge in [0.05, 0.1) is 10.0 Å². The zero-order valence-corrected chi connectivity index (χ0v) is 7.06. The molecule has 0 atom stereocenters. The van der Waals surface area contributed by atoms with Crippen molar-refractivity contribution in [2.45, 2.75) is 6.42 Å². The molecule has 0 amide bonds. The van der Waals surface area contributed by atoms with Crippen molar-refractivity contribution in [2.75, 3.05) is 0 Å². The van der Waals surface area contributed by atoms with E-state index in [1.54, 1.807) is 0 Å². The van der Waals surface area contributed by atoms with E-state index in [2.05, 4.69) is 4.98 Å². The van der Waals surface area contributed by atoms with Crippen LogP contribution in [-0.4, -0.2) is 11.3 Å². The molecule has 0 unspecified atom stereocenters. The van der Waals surface area contributed by atoms with Crippen molar-refractivity contribution in [3.63, 3.8) is 0 Å². The lowest BCUT2D eigenvalue weighted by Crippen LogP contribution is -1.89. The summed E-state index contributed by atoms with van der Waals surface area (Å²) in [5, 5.41) is 0.870. The molecule has 0 aliphatic heterocycles. The maximum Gasteiger partial charge on any atom is 0.124 e. The van der Waals surface area contributed by atoms with Gasteiger partial charge in [0.2, 0.25) is 0 Å². The smallest absolute Gasteiger partial charge is 0.124 e. The molecule has 0 radical (unpaired) electrons. The van der Waals surface area contributed by atoms with Gasteiger partial charge in [-0.25, -0.2) is 0 Å². The van der Waals surface area contributed by atoms with Crippen LogP contribution in [0.2, 0.25) is 10.0 Å². The fourth-order valence-corrected chi connectivity index (χ4v) is 1.24. The van der Waals surface area contributed by atoms with E-state index in [1.807, 2.05) is 0 Å². The second-order valence-electron chi connectivity index (χ2n) is 1.95. The van der Waals surface area contributed by atoms with Gasteiger partial charge in [-0.3, -0.25) is 4.98 Å². The van der Waals surface area contributed by atoms with Gasteiger partial charge in [0, 0.05) is 18.8 Å². The number of pyridine rings is 1. The van der Waals surface area contributed by atoms with Gasteiger partial charge in [-0.1, -0.05) is 23.2 Å². The number of hydrogen-bond donors (Lipinski definition) is 0. The van der Waals surface area contributed by atoms with E-state index >= 15 is 0 Å². The van der Waals surface area contributed by atoms with Crippen molar-refractivity contribution in [1.29, 1.82) is 0 Å². The number of carbonyl (C=O) groups excluding carboxylic acids is 1. The lowest BCUT2D eigenvalue weighted by atomic mass is 10.2. The van der Waals surface area contributed by atoms with E-state index in [9.17, 15) is 4.79 Å². The Balaban J connectivity index is 3.09. The maximum absolute atomic E-state index is 10.1. The molecule has 0 spiro atoms. The van der Waals surface area contributed by atoms with Crippen molar-refractivity contribution >= 4 is 29.5 Å². The summed E-state index contributed by atoms with van der Waals surface area (Å²) in [4.78, 5) is 13.9. The number of aromatic nitrogens is 1. The highest BCUT2D eigenvalue weighted by Gasteiger charge is 2.03. The molecule has 0 aliphatic rings. The van der Waals surface area contributed by atoms with E-state index in [4.69, 9.17) is 23.2 Å². The lowest BCUT2D eigenvalue weighted by Gasteiger charge is -1.99. The van der Waals surface area contributed by atoms with Crippen LogP contribution in [0.25, 0.3) is 0 Å². The van der Waals surface area contributed by atoms with Gasteiger partial charge in [-0.05, 0) is 5.56 Å². The summed E-state index contributed by atoms with van der Waals surface area (Å²) >= 11 is 11.4. The molecule has 0 saturated carbocycles. The summed E-state index contributed by atoms with van der Waals surface area (Å²) in [6, 6.07) is 0. The van der Waals surface area contributed by atoms with Crippen molar-refractivity contribution < 1.29 is 4.79 Å². The maximum atomic E-state index is 10.1. The van der Waals surface area contributed by atoms with Gasteiger partial charge >= 0.3 is 0 Å². The first-order valence-electron chi connectivity index (χ1n) is 2.97. The van der Waals surface area contributed by atoms with Crippen LogP contribution in [0.15, 0.2) is 12.4 Å². The molecule has 0 N–H and O–H groups in total. The molecule has 0 saturated heterocycles. The second kappa shape index (κ2) is 3.69. The number of rotatable bonds is 2. The molecule has 1 aromatic heterocycles. The third-order valence-electron chi connectivity index (χ3n) is 1.24. The van der Waals surface area contributed by atoms with Gasteiger partial charge in [0.15, 0.2) is 0 Å². The van der Waals surface area contributed by atoms with Crippen LogP contribution in [0.1, 0.15) is 5.56 Å². The normalized spacial score (nSPS) is 9.64. The lowest BCUT2D eigenvalue weighted by molar-refractivity contribution is -0.107. The second-order valence-corrected chi connectivity index (χ2v) is 2.77. The average Bonchev–Trinajstić information content (AvgIpc) is 1.97. The molecule has 1 aromatic rings. The van der Waals surface area contributed by atoms with Gasteiger partial charge < -0.3 is 4.79 Å². The highest BCUT2D eigenvalue weighted by Crippen LogP contribution is 2.22. The first-order valence-corrected chi connectivity index (χ1v) is 3.73. The van der Waals surface area contributed by atoms with Crippen LogP contribution >= 0.6 is 23.2 Å². The predicted molar refractivity (Wildman–Crippen MR) is 44.0 cm³/mol. The Morgan fingerprint density at radius 1 is 1.36 bits per heavy atom. The molecular weight excluding hydrogens is 185 g/mol. The van der Waals surface area contributed by atoms with E-state index < -0.39 is 0 Å². The molecule has 2 nitrogen and oxygen atoms in total. The number of halogens is 2. The van der Waals surface area contributed by atoms with E-state index in [1.165, 1.54) is 12.4 Å². The Morgan fingerprint density at radius 3 is 2.36 bits per heavy atom. The average molecular weight is 190 g/mol. The molecule has 1 heterocycles. The van der Waals surface area contributed by atoms with Gasteiger partial charge in [-0.2, -0.15) is 0 Å². The fourth-order valence-electron chi connectivity index (χ4n) is 0.716. The Hall–Kier alpha value is -0.600. The summed E-state index contributed by atoms with van der Waals surface area (Å²) in [7, 11) is 0. The minimum Gasteiger partial charge on any atom is -0.303 e. The third-order valence-corrected chi connectivity index (χ3v) is 1.89. The molecule has 0 aromatic carbocycles. The van der Waals surface area contributed by atoms with Crippen molar-refractivity contribution in [3.8, 4) is 0 Å². The van der Waals surface area contributed by atoms with Gasteiger partial charge in [-0.15, -0.1) is 0 Å². The fraction of sp³-hybridized carbons (Fsp3) is 0.143. The zero-order valence-electron chi connectivity index (χ0n) is 5.55. The SMILES string of the molecule is O=CCc1c(Cl)cncc1Cl. The molecule has 0 bridgehead atoms. The van der Waals surface area contributed by atoms with E-state index in [-0.39, 0.29) is 6.42 Å². The van der Waals surface area contributed by atoms with Crippen LogP contribution in [0.5, 0.6) is 0 Å². The number of nitrogens with zero attached hydrogens (tertiary/aromatic N) is 1. The Labute approximate surface area is 74.1 Å². The highest BCUT2D eigenvalue weighted by molar-refractivity contribution is 6.35. The first-order chi connectivity index (χ1) is 5.25. The van der Waals surface area contributed by atoms with Crippen LogP contribution in [0.4, 0.5) is 0 Å². The summed E-state index contributed by atoms with van der Waals surface area (Å²) < 4.78 is 0. The molecule has 1 rings (SSSR count). The van der Waals surface area contributed by atoms with E-state index in [0.29, 0.717) is 15.6 Å². The number of carbonyl (C=O) groups is 1. The molecule has 58 valence electrons. The summed E-state index contributed by atoms with van der Waals surface area (Å²) in [6.07, 6.45) is 3.92. The largest absolute Gasteiger partial charge is 0.303 e. The third kappa shape index (κ3) is 1.91. The van der Waals surface area contributed by atoms with Crippen molar-refractivity contribution in [2.24, 2.45) is 0 Å². The summed E-state index contributed by atoms with van der Waals surface area (Å²) in [5.74, 6) is 0. The summed E-state index contributed by atoms with van der Waals surface area (Å²) in [5.41, 5.74) is 0.637. The number of aldehydes is 1. The number of hydrogen-bond acceptors (Lipinski definition) is 2. The first kappa shape index (κ1) is 8.50. The predicted octanol–water partition coefficient (Wildman–Crippen LogP) is 2.13. The molecular formula is C7H5Cl2NO. The molecule has 4 heteroatoms. The minimum absolute atomic E-state index is 0.236. The van der Waals surface area contributed by atoms with Crippen LogP contribution in [0, 0.1) is 0 Å². The van der Waals surface area contributed by atoms with Gasteiger partial charge in [0.1, 0.15) is 6.29 Å². The zero-order chi connectivity index (χ0) is 8.27. The van der Waals surface area contributed by atoms with Crippen LogP contribution in [0.3, 0.4) is 0 Å². The molecule has 0 fully saturated rings. The van der Waals surface area contributed by atoms with Crippen LogP contribution in [-0.2, 0) is 11.2 Å². The standard InChI is InChI=1S/C7H5Cl2NO/c8-6-3-10-4-7(9)5(6)1-2-11/h2-4H,1H2. The summed E-state index contributed by atoms with van der Waals surface area (Å²) in [6.45, 7) is 0. The van der Waals surface area contributed by atoms with Gasteiger partial charge in [0.25, 0.3) is 0 Å². The molecule has 11 heavy (non-hydrogen) atoms.